The van der Waals surface area contributed by atoms with Crippen LogP contribution in [0.1, 0.15) is 11.1 Å². The second-order valence-electron chi connectivity index (χ2n) is 2.86. The number of rotatable bonds is 1. The molecule has 0 aliphatic carbocycles. The van der Waals surface area contributed by atoms with Crippen molar-refractivity contribution in [1.82, 2.24) is 0 Å². The van der Waals surface area contributed by atoms with Gasteiger partial charge >= 0.3 is 0 Å². The smallest absolute Gasteiger partial charge is 0.131 e. The highest BCUT2D eigenvalue weighted by atomic mass is 35.5. The van der Waals surface area contributed by atoms with Crippen molar-refractivity contribution in [2.75, 3.05) is 6.61 Å². The second kappa shape index (κ2) is 3.26. The maximum Gasteiger partial charge on any atom is 0.131 e. The normalized spacial score (nSPS) is 14.5. The fourth-order valence-corrected chi connectivity index (χ4v) is 1.72. The van der Waals surface area contributed by atoms with Gasteiger partial charge in [0.1, 0.15) is 5.75 Å². The number of fused-ring (bicyclic) bond motifs is 1. The Balaban J connectivity index is 2.55. The van der Waals surface area contributed by atoms with E-state index in [1.165, 1.54) is 0 Å². The van der Waals surface area contributed by atoms with Crippen LogP contribution in [0.4, 0.5) is 0 Å². The van der Waals surface area contributed by atoms with Gasteiger partial charge in [0.05, 0.1) is 12.8 Å². The zero-order chi connectivity index (χ0) is 9.26. The lowest BCUT2D eigenvalue weighted by Gasteiger charge is -2.03. The summed E-state index contributed by atoms with van der Waals surface area (Å²) in [6.45, 7) is 0.709. The molecule has 0 saturated carbocycles. The zero-order valence-electron chi connectivity index (χ0n) is 6.96. The van der Waals surface area contributed by atoms with Crippen LogP contribution in [0.25, 0.3) is 0 Å². The van der Waals surface area contributed by atoms with E-state index in [9.17, 15) is 0 Å². The second-order valence-corrected chi connectivity index (χ2v) is 3.30. The number of hydrazone groups is 1. The number of nitrogens with two attached hydrogens (primary N) is 1. The van der Waals surface area contributed by atoms with Crippen LogP contribution in [0.2, 0.25) is 5.02 Å². The molecule has 13 heavy (non-hydrogen) atoms. The maximum atomic E-state index is 5.91. The topological polar surface area (TPSA) is 47.6 Å². The minimum Gasteiger partial charge on any atom is -0.492 e. The molecule has 3 nitrogen and oxygen atoms in total. The van der Waals surface area contributed by atoms with Crippen LogP contribution in [0, 0.1) is 0 Å². The highest BCUT2D eigenvalue weighted by molar-refractivity contribution is 6.31. The minimum absolute atomic E-state index is 0.694. The van der Waals surface area contributed by atoms with E-state index in [1.54, 1.807) is 12.3 Å². The van der Waals surface area contributed by atoms with Crippen molar-refractivity contribution in [3.8, 4) is 5.75 Å². The monoisotopic (exact) mass is 196 g/mol. The van der Waals surface area contributed by atoms with Gasteiger partial charge < -0.3 is 10.6 Å². The molecule has 0 aromatic heterocycles. The van der Waals surface area contributed by atoms with Crippen LogP contribution in [0.15, 0.2) is 17.2 Å². The van der Waals surface area contributed by atoms with Gasteiger partial charge in [0, 0.05) is 17.0 Å². The van der Waals surface area contributed by atoms with E-state index in [-0.39, 0.29) is 0 Å². The van der Waals surface area contributed by atoms with Crippen molar-refractivity contribution in [1.29, 1.82) is 0 Å². The number of hydrogen-bond donors (Lipinski definition) is 1. The van der Waals surface area contributed by atoms with E-state index < -0.39 is 0 Å². The molecule has 0 fully saturated rings. The number of nitrogens with zero attached hydrogens (tertiary/aromatic N) is 1. The summed E-state index contributed by atoms with van der Waals surface area (Å²) in [7, 11) is 0. The van der Waals surface area contributed by atoms with Gasteiger partial charge in [-0.3, -0.25) is 0 Å². The average molecular weight is 197 g/mol. The molecule has 0 radical (unpaired) electrons. The molecule has 1 aromatic rings. The average Bonchev–Trinajstić information content (AvgIpc) is 2.52. The summed E-state index contributed by atoms with van der Waals surface area (Å²) in [5.41, 5.74) is 1.98. The Morgan fingerprint density at radius 2 is 2.38 bits per heavy atom. The minimum atomic E-state index is 0.694. The number of ether oxygens (including phenoxy) is 1. The summed E-state index contributed by atoms with van der Waals surface area (Å²) >= 11 is 5.91. The lowest BCUT2D eigenvalue weighted by atomic mass is 10.1. The van der Waals surface area contributed by atoms with Crippen LogP contribution >= 0.6 is 11.6 Å². The maximum absolute atomic E-state index is 5.91. The summed E-state index contributed by atoms with van der Waals surface area (Å²) in [6, 6.07) is 3.71. The molecular formula is C9H9ClN2O. The molecule has 2 rings (SSSR count). The van der Waals surface area contributed by atoms with Gasteiger partial charge in [0.2, 0.25) is 0 Å². The molecule has 68 valence electrons. The van der Waals surface area contributed by atoms with Crippen LogP contribution < -0.4 is 10.6 Å². The van der Waals surface area contributed by atoms with Crippen molar-refractivity contribution in [2.24, 2.45) is 10.9 Å². The molecule has 0 bridgehead atoms. The lowest BCUT2D eigenvalue weighted by Crippen LogP contribution is -1.92. The summed E-state index contributed by atoms with van der Waals surface area (Å²) < 4.78 is 5.43. The predicted octanol–water partition coefficient (Wildman–Crippen LogP) is 1.57. The Hall–Kier alpha value is -1.22. The number of hydrogen-bond acceptors (Lipinski definition) is 3. The molecule has 0 atom stereocenters. The summed E-state index contributed by atoms with van der Waals surface area (Å²) in [5.74, 6) is 5.94. The Morgan fingerprint density at radius 1 is 1.54 bits per heavy atom. The summed E-state index contributed by atoms with van der Waals surface area (Å²) in [6.07, 6.45) is 2.46. The molecule has 0 unspecified atom stereocenters. The Bertz CT molecular complexity index is 363. The van der Waals surface area contributed by atoms with Gasteiger partial charge in [-0.2, -0.15) is 5.10 Å². The fourth-order valence-electron chi connectivity index (χ4n) is 1.47. The first-order valence-corrected chi connectivity index (χ1v) is 4.37. The SMILES string of the molecule is N/N=C/c1cc(Cl)cc2c1OCC2. The van der Waals surface area contributed by atoms with Crippen molar-refractivity contribution in [3.05, 3.63) is 28.3 Å². The molecule has 0 spiro atoms. The third-order valence-corrected chi connectivity index (χ3v) is 2.21. The third-order valence-electron chi connectivity index (χ3n) is 1.99. The highest BCUT2D eigenvalue weighted by Gasteiger charge is 2.16. The van der Waals surface area contributed by atoms with Crippen molar-refractivity contribution in [2.45, 2.75) is 6.42 Å². The van der Waals surface area contributed by atoms with E-state index in [0.29, 0.717) is 11.6 Å². The largest absolute Gasteiger partial charge is 0.492 e. The molecular weight excluding hydrogens is 188 g/mol. The van der Waals surface area contributed by atoms with Gasteiger partial charge in [-0.25, -0.2) is 0 Å². The molecule has 0 amide bonds. The Kier molecular flexibility index (Phi) is 2.10. The lowest BCUT2D eigenvalue weighted by molar-refractivity contribution is 0.356. The third kappa shape index (κ3) is 1.47. The van der Waals surface area contributed by atoms with Crippen LogP contribution in [-0.2, 0) is 6.42 Å². The molecule has 1 heterocycles. The van der Waals surface area contributed by atoms with Crippen LogP contribution in [0.3, 0.4) is 0 Å². The van der Waals surface area contributed by atoms with Gasteiger partial charge in [0.15, 0.2) is 0 Å². The van der Waals surface area contributed by atoms with Gasteiger partial charge in [-0.05, 0) is 17.7 Å². The van der Waals surface area contributed by atoms with E-state index in [2.05, 4.69) is 5.10 Å². The summed E-state index contributed by atoms with van der Waals surface area (Å²) in [4.78, 5) is 0. The number of halogens is 1. The fraction of sp³-hybridized carbons (Fsp3) is 0.222. The van der Waals surface area contributed by atoms with Crippen molar-refractivity contribution in [3.63, 3.8) is 0 Å². The zero-order valence-corrected chi connectivity index (χ0v) is 7.71. The van der Waals surface area contributed by atoms with Crippen LogP contribution in [-0.4, -0.2) is 12.8 Å². The highest BCUT2D eigenvalue weighted by Crippen LogP contribution is 2.31. The Labute approximate surface area is 81.1 Å². The molecule has 2 N–H and O–H groups in total. The van der Waals surface area contributed by atoms with E-state index in [4.69, 9.17) is 22.2 Å². The number of benzene rings is 1. The van der Waals surface area contributed by atoms with E-state index in [1.807, 2.05) is 6.07 Å². The molecule has 0 saturated heterocycles. The first kappa shape index (κ1) is 8.38. The van der Waals surface area contributed by atoms with E-state index in [0.717, 1.165) is 23.3 Å². The first-order valence-electron chi connectivity index (χ1n) is 4.00. The van der Waals surface area contributed by atoms with Crippen LogP contribution in [0.5, 0.6) is 5.75 Å². The predicted molar refractivity (Wildman–Crippen MR) is 52.4 cm³/mol. The quantitative estimate of drug-likeness (QED) is 0.421. The standard InChI is InChI=1S/C9H9ClN2O/c10-8-3-6-1-2-13-9(6)7(4-8)5-12-11/h3-5H,1-2,11H2/b12-5+. The molecule has 1 aromatic carbocycles. The van der Waals surface area contributed by atoms with Gasteiger partial charge in [-0.15, -0.1) is 0 Å². The molecule has 1 aliphatic rings. The summed E-state index contributed by atoms with van der Waals surface area (Å²) in [5, 5.41) is 4.15. The van der Waals surface area contributed by atoms with Crippen molar-refractivity contribution >= 4 is 17.8 Å². The Morgan fingerprint density at radius 3 is 3.15 bits per heavy atom. The molecule has 4 heteroatoms. The van der Waals surface area contributed by atoms with Gasteiger partial charge in [0.25, 0.3) is 0 Å². The van der Waals surface area contributed by atoms with E-state index >= 15 is 0 Å². The molecule has 1 aliphatic heterocycles. The van der Waals surface area contributed by atoms with Gasteiger partial charge in [-0.1, -0.05) is 11.6 Å². The first-order chi connectivity index (χ1) is 6.31. The van der Waals surface area contributed by atoms with Crippen molar-refractivity contribution < 1.29 is 4.74 Å².